The molecule has 1 atom stereocenters. The van der Waals surface area contributed by atoms with Gasteiger partial charge in [-0.3, -0.25) is 4.79 Å². The van der Waals surface area contributed by atoms with Crippen molar-refractivity contribution in [3.05, 3.63) is 65.2 Å². The summed E-state index contributed by atoms with van der Waals surface area (Å²) in [5, 5.41) is 8.58. The van der Waals surface area contributed by atoms with Crippen molar-refractivity contribution in [2.75, 3.05) is 12.4 Å². The average molecular weight is 411 g/mol. The minimum Gasteiger partial charge on any atom is -0.494 e. The number of hydrogen-bond donors (Lipinski definition) is 1. The molecule has 0 aliphatic carbocycles. The monoisotopic (exact) mass is 410 g/mol. The minimum atomic E-state index is -3.72. The van der Waals surface area contributed by atoms with E-state index in [0.29, 0.717) is 36.6 Å². The van der Waals surface area contributed by atoms with Crippen molar-refractivity contribution in [1.29, 1.82) is 0 Å². The number of carbonyl (C=O) groups is 1. The summed E-state index contributed by atoms with van der Waals surface area (Å²) in [5.74, 6) is -0.790. The standard InChI is InChI=1S/C20H23ClO5S/c21-17-9-11-18(12-10-17)26-14-5-4-8-19(20(22)23)27(24,25)15-13-16-6-2-1-3-7-16/h1-3,6-7,9-12,19H,4-5,8,13-15H2,(H,22,23). The molecular weight excluding hydrogens is 388 g/mol. The Morgan fingerprint density at radius 2 is 1.70 bits per heavy atom. The maximum Gasteiger partial charge on any atom is 0.321 e. The maximum absolute atomic E-state index is 12.4. The van der Waals surface area contributed by atoms with Gasteiger partial charge in [0.15, 0.2) is 15.1 Å². The van der Waals surface area contributed by atoms with Crippen LogP contribution >= 0.6 is 11.6 Å². The third kappa shape index (κ3) is 7.23. The normalized spacial score (nSPS) is 12.5. The van der Waals surface area contributed by atoms with Crippen molar-refractivity contribution < 1.29 is 23.1 Å². The summed E-state index contributed by atoms with van der Waals surface area (Å²) >= 11 is 5.80. The van der Waals surface area contributed by atoms with Crippen LogP contribution in [0.1, 0.15) is 24.8 Å². The van der Waals surface area contributed by atoms with Crippen molar-refractivity contribution in [1.82, 2.24) is 0 Å². The van der Waals surface area contributed by atoms with Gasteiger partial charge in [0.25, 0.3) is 0 Å². The zero-order valence-corrected chi connectivity index (χ0v) is 16.5. The van der Waals surface area contributed by atoms with Crippen molar-refractivity contribution in [2.24, 2.45) is 0 Å². The van der Waals surface area contributed by atoms with E-state index in [1.165, 1.54) is 0 Å². The van der Waals surface area contributed by atoms with Crippen molar-refractivity contribution in [3.63, 3.8) is 0 Å². The highest BCUT2D eigenvalue weighted by molar-refractivity contribution is 7.92. The van der Waals surface area contributed by atoms with Crippen LogP contribution in [0.3, 0.4) is 0 Å². The summed E-state index contributed by atoms with van der Waals surface area (Å²) in [6.45, 7) is 0.387. The lowest BCUT2D eigenvalue weighted by Gasteiger charge is -2.14. The third-order valence-electron chi connectivity index (χ3n) is 4.17. The number of ether oxygens (including phenoxy) is 1. The van der Waals surface area contributed by atoms with Crippen LogP contribution in [-0.4, -0.2) is 37.1 Å². The molecule has 0 aromatic heterocycles. The number of carboxylic acid groups (broad SMARTS) is 1. The molecule has 0 aliphatic rings. The topological polar surface area (TPSA) is 80.7 Å². The first-order valence-corrected chi connectivity index (χ1v) is 10.8. The number of unbranched alkanes of at least 4 members (excludes halogenated alkanes) is 1. The lowest BCUT2D eigenvalue weighted by molar-refractivity contribution is -0.136. The number of benzene rings is 2. The largest absolute Gasteiger partial charge is 0.494 e. The predicted molar refractivity (Wildman–Crippen MR) is 106 cm³/mol. The number of aliphatic carboxylic acids is 1. The number of hydrogen-bond acceptors (Lipinski definition) is 4. The third-order valence-corrected chi connectivity index (χ3v) is 6.50. The fraction of sp³-hybridized carbons (Fsp3) is 0.350. The number of sulfone groups is 1. The molecule has 0 heterocycles. The number of aryl methyl sites for hydroxylation is 1. The van der Waals surface area contributed by atoms with E-state index < -0.39 is 21.1 Å². The second-order valence-corrected chi connectivity index (χ2v) is 8.97. The summed E-state index contributed by atoms with van der Waals surface area (Å²) < 4.78 is 30.4. The van der Waals surface area contributed by atoms with E-state index >= 15 is 0 Å². The van der Waals surface area contributed by atoms with E-state index in [4.69, 9.17) is 16.3 Å². The molecule has 0 spiro atoms. The molecule has 0 radical (unpaired) electrons. The van der Waals surface area contributed by atoms with Crippen LogP contribution in [0.25, 0.3) is 0 Å². The number of rotatable bonds is 11. The quantitative estimate of drug-likeness (QED) is 0.566. The van der Waals surface area contributed by atoms with Gasteiger partial charge in [-0.15, -0.1) is 0 Å². The number of carboxylic acids is 1. The van der Waals surface area contributed by atoms with Crippen LogP contribution in [0.5, 0.6) is 5.75 Å². The van der Waals surface area contributed by atoms with Crippen LogP contribution in [0.15, 0.2) is 54.6 Å². The maximum atomic E-state index is 12.4. The van der Waals surface area contributed by atoms with Crippen molar-refractivity contribution in [3.8, 4) is 5.75 Å². The van der Waals surface area contributed by atoms with Gasteiger partial charge < -0.3 is 9.84 Å². The molecule has 2 rings (SSSR count). The smallest absolute Gasteiger partial charge is 0.321 e. The fourth-order valence-corrected chi connectivity index (χ4v) is 4.42. The first-order chi connectivity index (χ1) is 12.9. The SMILES string of the molecule is O=C(O)C(CCCCOc1ccc(Cl)cc1)S(=O)(=O)CCc1ccccc1. The molecule has 2 aromatic carbocycles. The molecule has 0 fully saturated rings. The molecule has 0 saturated heterocycles. The zero-order chi connectivity index (χ0) is 19.7. The van der Waals surface area contributed by atoms with Crippen LogP contribution in [0.2, 0.25) is 5.02 Å². The van der Waals surface area contributed by atoms with Gasteiger partial charge in [0, 0.05) is 5.02 Å². The molecule has 1 unspecified atom stereocenters. The highest BCUT2D eigenvalue weighted by atomic mass is 35.5. The van der Waals surface area contributed by atoms with Gasteiger partial charge >= 0.3 is 5.97 Å². The van der Waals surface area contributed by atoms with Crippen LogP contribution in [0.4, 0.5) is 0 Å². The van der Waals surface area contributed by atoms with E-state index in [1.807, 2.05) is 30.3 Å². The fourth-order valence-electron chi connectivity index (χ4n) is 2.66. The van der Waals surface area contributed by atoms with E-state index in [0.717, 1.165) is 5.56 Å². The molecule has 1 N–H and O–H groups in total. The Kier molecular flexibility index (Phi) is 8.13. The summed E-state index contributed by atoms with van der Waals surface area (Å²) in [7, 11) is -3.72. The first kappa shape index (κ1) is 21.3. The summed E-state index contributed by atoms with van der Waals surface area (Å²) in [6.07, 6.45) is 1.42. The van der Waals surface area contributed by atoms with E-state index in [2.05, 4.69) is 0 Å². The molecule has 5 nitrogen and oxygen atoms in total. The van der Waals surface area contributed by atoms with Gasteiger partial charge in [-0.1, -0.05) is 41.9 Å². The summed E-state index contributed by atoms with van der Waals surface area (Å²) in [4.78, 5) is 11.5. The van der Waals surface area contributed by atoms with Crippen LogP contribution in [-0.2, 0) is 21.1 Å². The number of halogens is 1. The molecule has 0 aliphatic heterocycles. The van der Waals surface area contributed by atoms with Gasteiger partial charge in [0.2, 0.25) is 0 Å². The Bertz CT molecular complexity index is 819. The molecule has 2 aromatic rings. The van der Waals surface area contributed by atoms with E-state index in [9.17, 15) is 18.3 Å². The van der Waals surface area contributed by atoms with Gasteiger partial charge in [0.1, 0.15) is 5.75 Å². The van der Waals surface area contributed by atoms with E-state index in [1.54, 1.807) is 24.3 Å². The highest BCUT2D eigenvalue weighted by Crippen LogP contribution is 2.17. The van der Waals surface area contributed by atoms with Gasteiger partial charge in [-0.05, 0) is 55.5 Å². The second kappa shape index (κ2) is 10.3. The molecule has 7 heteroatoms. The van der Waals surface area contributed by atoms with Crippen LogP contribution < -0.4 is 4.74 Å². The van der Waals surface area contributed by atoms with Crippen molar-refractivity contribution in [2.45, 2.75) is 30.9 Å². The first-order valence-electron chi connectivity index (χ1n) is 8.75. The van der Waals surface area contributed by atoms with Crippen LogP contribution in [0, 0.1) is 0 Å². The van der Waals surface area contributed by atoms with E-state index in [-0.39, 0.29) is 12.2 Å². The summed E-state index contributed by atoms with van der Waals surface area (Å²) in [5.41, 5.74) is 0.876. The lowest BCUT2D eigenvalue weighted by Crippen LogP contribution is -2.32. The lowest BCUT2D eigenvalue weighted by atomic mass is 10.2. The molecule has 27 heavy (non-hydrogen) atoms. The average Bonchev–Trinajstić information content (AvgIpc) is 2.65. The predicted octanol–water partition coefficient (Wildman–Crippen LogP) is 4.00. The Morgan fingerprint density at radius 1 is 1.04 bits per heavy atom. The molecular formula is C20H23ClO5S. The molecule has 0 saturated carbocycles. The molecule has 146 valence electrons. The van der Waals surface area contributed by atoms with Gasteiger partial charge in [-0.2, -0.15) is 0 Å². The zero-order valence-electron chi connectivity index (χ0n) is 14.9. The van der Waals surface area contributed by atoms with Gasteiger partial charge in [0.05, 0.1) is 12.4 Å². The Balaban J connectivity index is 1.79. The molecule has 0 amide bonds. The Hall–Kier alpha value is -2.05. The Morgan fingerprint density at radius 3 is 2.33 bits per heavy atom. The Labute approximate surface area is 164 Å². The minimum absolute atomic E-state index is 0.0798. The highest BCUT2D eigenvalue weighted by Gasteiger charge is 2.31. The van der Waals surface area contributed by atoms with Crippen molar-refractivity contribution >= 4 is 27.4 Å². The van der Waals surface area contributed by atoms with Gasteiger partial charge in [-0.25, -0.2) is 8.42 Å². The second-order valence-electron chi connectivity index (χ2n) is 6.23. The molecule has 0 bridgehead atoms. The summed E-state index contributed by atoms with van der Waals surface area (Å²) in [6, 6.07) is 16.1.